The van der Waals surface area contributed by atoms with E-state index in [1.54, 1.807) is 4.90 Å². The number of nitrogens with one attached hydrogen (secondary N) is 2. The lowest BCUT2D eigenvalue weighted by atomic mass is 10.1. The third-order valence-corrected chi connectivity index (χ3v) is 2.98. The zero-order valence-corrected chi connectivity index (χ0v) is 10.8. The summed E-state index contributed by atoms with van der Waals surface area (Å²) in [5.74, 6) is -0.608. The topological polar surface area (TPSA) is 61.4 Å². The Bertz CT molecular complexity index is 474. The van der Waals surface area contributed by atoms with Gasteiger partial charge in [0.05, 0.1) is 23.8 Å². The van der Waals surface area contributed by atoms with Gasteiger partial charge in [-0.2, -0.15) is 0 Å². The van der Waals surface area contributed by atoms with E-state index in [0.717, 1.165) is 12.1 Å². The van der Waals surface area contributed by atoms with Crippen molar-refractivity contribution in [2.24, 2.45) is 0 Å². The van der Waals surface area contributed by atoms with E-state index in [-0.39, 0.29) is 24.9 Å². The average Bonchev–Trinajstić information content (AvgIpc) is 2.28. The number of hydrogen-bond donors (Lipinski definition) is 2. The van der Waals surface area contributed by atoms with Crippen LogP contribution in [0.2, 0.25) is 5.02 Å². The van der Waals surface area contributed by atoms with E-state index >= 15 is 0 Å². The third-order valence-electron chi connectivity index (χ3n) is 2.68. The van der Waals surface area contributed by atoms with Crippen LogP contribution in [0, 0.1) is 0 Å². The fraction of sp³-hybridized carbons (Fsp3) is 0.333. The summed E-state index contributed by atoms with van der Waals surface area (Å²) in [5, 5.41) is 5.84. The number of benzene rings is 1. The lowest BCUT2D eigenvalue weighted by Crippen LogP contribution is -2.51. The van der Waals surface area contributed by atoms with Gasteiger partial charge in [0.15, 0.2) is 0 Å². The molecule has 6 heteroatoms. The van der Waals surface area contributed by atoms with Gasteiger partial charge in [-0.3, -0.25) is 14.9 Å². The number of nitrogens with zero attached hydrogens (tertiary/aromatic N) is 1. The Morgan fingerprint density at radius 2 is 2.00 bits per heavy atom. The zero-order chi connectivity index (χ0) is 13.1. The largest absolute Gasteiger partial charge is 0.352 e. The first-order chi connectivity index (χ1) is 8.60. The van der Waals surface area contributed by atoms with Crippen molar-refractivity contribution in [3.8, 4) is 0 Å². The molecule has 0 aliphatic carbocycles. The first kappa shape index (κ1) is 12.9. The molecule has 0 aromatic heterocycles. The fourth-order valence-electron chi connectivity index (χ4n) is 1.93. The Labute approximate surface area is 110 Å². The van der Waals surface area contributed by atoms with Gasteiger partial charge in [-0.25, -0.2) is 0 Å². The summed E-state index contributed by atoms with van der Waals surface area (Å²) in [6.45, 7) is 1.02. The molecular formula is C12H14ClN3O2. The highest BCUT2D eigenvalue weighted by Crippen LogP contribution is 2.27. The lowest BCUT2D eigenvalue weighted by Gasteiger charge is -2.28. The number of halogens is 1. The number of hydrogen-bond acceptors (Lipinski definition) is 4. The van der Waals surface area contributed by atoms with E-state index in [1.165, 1.54) is 0 Å². The van der Waals surface area contributed by atoms with Crippen LogP contribution in [-0.4, -0.2) is 32.0 Å². The molecule has 0 spiro atoms. The van der Waals surface area contributed by atoms with Gasteiger partial charge in [-0.1, -0.05) is 17.7 Å². The molecule has 1 aromatic rings. The third kappa shape index (κ3) is 2.80. The van der Waals surface area contributed by atoms with Gasteiger partial charge < -0.3 is 10.2 Å². The average molecular weight is 268 g/mol. The summed E-state index contributed by atoms with van der Waals surface area (Å²) >= 11 is 6.18. The second kappa shape index (κ2) is 5.37. The lowest BCUT2D eigenvalue weighted by molar-refractivity contribution is -0.130. The first-order valence-electron chi connectivity index (χ1n) is 5.61. The van der Waals surface area contributed by atoms with Crippen LogP contribution < -0.4 is 15.5 Å². The second-order valence-electron chi connectivity index (χ2n) is 4.14. The van der Waals surface area contributed by atoms with E-state index in [9.17, 15) is 9.59 Å². The van der Waals surface area contributed by atoms with E-state index in [1.807, 2.05) is 25.2 Å². The molecule has 0 saturated carbocycles. The molecule has 1 fully saturated rings. The summed E-state index contributed by atoms with van der Waals surface area (Å²) in [6.07, 6.45) is 0. The van der Waals surface area contributed by atoms with Gasteiger partial charge in [-0.15, -0.1) is 0 Å². The van der Waals surface area contributed by atoms with Crippen molar-refractivity contribution in [2.75, 3.05) is 25.0 Å². The Hall–Kier alpha value is -1.59. The smallest absolute Gasteiger partial charge is 0.246 e. The number of imide groups is 1. The van der Waals surface area contributed by atoms with Crippen molar-refractivity contribution in [3.63, 3.8) is 0 Å². The highest BCUT2D eigenvalue weighted by Gasteiger charge is 2.23. The molecule has 0 unspecified atom stereocenters. The summed E-state index contributed by atoms with van der Waals surface area (Å²) in [5.41, 5.74) is 1.76. The molecule has 1 heterocycles. The number of rotatable bonds is 3. The molecule has 1 aromatic carbocycles. The summed E-state index contributed by atoms with van der Waals surface area (Å²) in [4.78, 5) is 24.3. The Morgan fingerprint density at radius 1 is 1.33 bits per heavy atom. The predicted molar refractivity (Wildman–Crippen MR) is 69.6 cm³/mol. The van der Waals surface area contributed by atoms with Crippen LogP contribution in [0.4, 0.5) is 5.69 Å². The molecule has 0 bridgehead atoms. The van der Waals surface area contributed by atoms with E-state index in [2.05, 4.69) is 10.6 Å². The standard InChI is InChI=1S/C12H14ClN3O2/c1-14-5-8-2-3-10(9(13)4-8)16-6-11(17)15-12(18)7-16/h2-4,14H,5-7H2,1H3,(H,15,17,18). The van der Waals surface area contributed by atoms with Crippen molar-refractivity contribution in [1.29, 1.82) is 0 Å². The van der Waals surface area contributed by atoms with Crippen LogP contribution >= 0.6 is 11.6 Å². The SMILES string of the molecule is CNCc1ccc(N2CC(=O)NC(=O)C2)c(Cl)c1. The van der Waals surface area contributed by atoms with Crippen molar-refractivity contribution in [2.45, 2.75) is 6.54 Å². The number of piperazine rings is 1. The molecular weight excluding hydrogens is 254 g/mol. The number of amides is 2. The summed E-state index contributed by atoms with van der Waals surface area (Å²) < 4.78 is 0. The van der Waals surface area contributed by atoms with E-state index in [4.69, 9.17) is 11.6 Å². The molecule has 5 nitrogen and oxygen atoms in total. The molecule has 1 saturated heterocycles. The minimum absolute atomic E-state index is 0.150. The maximum absolute atomic E-state index is 11.3. The van der Waals surface area contributed by atoms with Gasteiger partial charge >= 0.3 is 0 Å². The molecule has 1 aliphatic heterocycles. The van der Waals surface area contributed by atoms with Crippen molar-refractivity contribution < 1.29 is 9.59 Å². The second-order valence-corrected chi connectivity index (χ2v) is 4.55. The predicted octanol–water partition coefficient (Wildman–Crippen LogP) is 0.522. The quantitative estimate of drug-likeness (QED) is 0.784. The van der Waals surface area contributed by atoms with Crippen molar-refractivity contribution >= 4 is 29.1 Å². The highest BCUT2D eigenvalue weighted by atomic mass is 35.5. The van der Waals surface area contributed by atoms with Gasteiger partial charge in [-0.05, 0) is 24.7 Å². The van der Waals surface area contributed by atoms with Crippen LogP contribution in [0.1, 0.15) is 5.56 Å². The first-order valence-corrected chi connectivity index (χ1v) is 5.98. The van der Waals surface area contributed by atoms with E-state index < -0.39 is 0 Å². The monoisotopic (exact) mass is 267 g/mol. The molecule has 2 rings (SSSR count). The summed E-state index contributed by atoms with van der Waals surface area (Å²) in [7, 11) is 1.86. The maximum atomic E-state index is 11.3. The van der Waals surface area contributed by atoms with Crippen LogP contribution in [0.5, 0.6) is 0 Å². The summed E-state index contributed by atoms with van der Waals surface area (Å²) in [6, 6.07) is 5.60. The molecule has 2 amide bonds. The Balaban J connectivity index is 2.22. The normalized spacial score (nSPS) is 15.8. The molecule has 1 aliphatic rings. The number of carbonyl (C=O) groups excluding carboxylic acids is 2. The maximum Gasteiger partial charge on any atom is 0.246 e. The minimum Gasteiger partial charge on any atom is -0.352 e. The van der Waals surface area contributed by atoms with E-state index in [0.29, 0.717) is 10.7 Å². The van der Waals surface area contributed by atoms with Crippen LogP contribution in [0.25, 0.3) is 0 Å². The van der Waals surface area contributed by atoms with Gasteiger partial charge in [0, 0.05) is 6.54 Å². The molecule has 0 radical (unpaired) electrons. The molecule has 18 heavy (non-hydrogen) atoms. The molecule has 96 valence electrons. The number of anilines is 1. The molecule has 2 N–H and O–H groups in total. The Kier molecular flexibility index (Phi) is 3.84. The van der Waals surface area contributed by atoms with Crippen LogP contribution in [0.15, 0.2) is 18.2 Å². The van der Waals surface area contributed by atoms with Gasteiger partial charge in [0.25, 0.3) is 0 Å². The number of carbonyl (C=O) groups is 2. The van der Waals surface area contributed by atoms with Crippen LogP contribution in [0.3, 0.4) is 0 Å². The zero-order valence-electron chi connectivity index (χ0n) is 10.00. The van der Waals surface area contributed by atoms with Crippen LogP contribution in [-0.2, 0) is 16.1 Å². The molecule has 0 atom stereocenters. The Morgan fingerprint density at radius 3 is 2.56 bits per heavy atom. The van der Waals surface area contributed by atoms with Crippen molar-refractivity contribution in [1.82, 2.24) is 10.6 Å². The van der Waals surface area contributed by atoms with Gasteiger partial charge in [0.1, 0.15) is 0 Å². The van der Waals surface area contributed by atoms with Gasteiger partial charge in [0.2, 0.25) is 11.8 Å². The minimum atomic E-state index is -0.304. The highest BCUT2D eigenvalue weighted by molar-refractivity contribution is 6.33. The fourth-order valence-corrected chi connectivity index (χ4v) is 2.25. The van der Waals surface area contributed by atoms with Crippen molar-refractivity contribution in [3.05, 3.63) is 28.8 Å².